The standard InChI is InChI=1S/C23H21NO7S2.2Na/c1-31-19-11-10-16(22(13-19)33(28,29)30)7-6-15-8-9-17(12-21(15)32(25,26)27)23-20-5-3-2-4-18(20)14-24-23;;/h2-13,23-24H,14H2,1H3,(H,25,26,27)(H,28,29,30);;/q;2*+1/p-2. The van der Waals surface area contributed by atoms with E-state index in [0.717, 1.165) is 17.2 Å². The summed E-state index contributed by atoms with van der Waals surface area (Å²) in [5.74, 6) is 0.179. The Kier molecular flexibility index (Phi) is 10.4. The van der Waals surface area contributed by atoms with E-state index in [2.05, 4.69) is 5.32 Å². The fourth-order valence-electron chi connectivity index (χ4n) is 3.86. The van der Waals surface area contributed by atoms with Crippen LogP contribution in [0.4, 0.5) is 0 Å². The Bertz CT molecular complexity index is 1470. The quantitative estimate of drug-likeness (QED) is 0.201. The molecular formula is C23H19NNa2O7S2. The maximum absolute atomic E-state index is 12.0. The third kappa shape index (κ3) is 6.85. The van der Waals surface area contributed by atoms with Gasteiger partial charge in [0, 0.05) is 6.54 Å². The summed E-state index contributed by atoms with van der Waals surface area (Å²) < 4.78 is 76.0. The van der Waals surface area contributed by atoms with Crippen molar-refractivity contribution in [1.82, 2.24) is 5.32 Å². The van der Waals surface area contributed by atoms with Crippen molar-refractivity contribution in [3.05, 3.63) is 88.5 Å². The second-order valence-corrected chi connectivity index (χ2v) is 10.2. The first-order chi connectivity index (χ1) is 15.6. The second kappa shape index (κ2) is 12.0. The van der Waals surface area contributed by atoms with Crippen molar-refractivity contribution < 1.29 is 89.8 Å². The normalized spacial score (nSPS) is 15.2. The number of hydrogen-bond acceptors (Lipinski definition) is 8. The molecule has 0 aliphatic carbocycles. The second-order valence-electron chi connectivity index (χ2n) is 7.46. The summed E-state index contributed by atoms with van der Waals surface area (Å²) in [5.41, 5.74) is 2.81. The predicted molar refractivity (Wildman–Crippen MR) is 119 cm³/mol. The van der Waals surface area contributed by atoms with Crippen LogP contribution in [0, 0.1) is 0 Å². The molecule has 0 amide bonds. The number of fused-ring (bicyclic) bond motifs is 1. The van der Waals surface area contributed by atoms with Gasteiger partial charge in [0.15, 0.2) is 0 Å². The van der Waals surface area contributed by atoms with Gasteiger partial charge in [-0.25, -0.2) is 16.8 Å². The van der Waals surface area contributed by atoms with Crippen LogP contribution in [0.5, 0.6) is 5.75 Å². The van der Waals surface area contributed by atoms with Gasteiger partial charge in [0.05, 0.1) is 22.9 Å². The van der Waals surface area contributed by atoms with Gasteiger partial charge >= 0.3 is 59.1 Å². The van der Waals surface area contributed by atoms with Crippen LogP contribution < -0.4 is 69.2 Å². The zero-order valence-corrected chi connectivity index (χ0v) is 25.0. The summed E-state index contributed by atoms with van der Waals surface area (Å²) in [5, 5.41) is 3.30. The number of methoxy groups -OCH3 is 1. The van der Waals surface area contributed by atoms with E-state index in [9.17, 15) is 25.9 Å². The molecule has 3 aromatic carbocycles. The topological polar surface area (TPSA) is 136 Å². The minimum atomic E-state index is -4.85. The average molecular weight is 532 g/mol. The minimum absolute atomic E-state index is 0. The molecule has 0 spiro atoms. The summed E-state index contributed by atoms with van der Waals surface area (Å²) in [4.78, 5) is -0.963. The van der Waals surface area contributed by atoms with Crippen molar-refractivity contribution in [2.45, 2.75) is 22.4 Å². The maximum Gasteiger partial charge on any atom is 1.00 e. The predicted octanol–water partition coefficient (Wildman–Crippen LogP) is -3.13. The maximum atomic E-state index is 12.0. The monoisotopic (exact) mass is 531 g/mol. The smallest absolute Gasteiger partial charge is 0.744 e. The fraction of sp³-hybridized carbons (Fsp3) is 0.130. The molecule has 1 N–H and O–H groups in total. The fourth-order valence-corrected chi connectivity index (χ4v) is 5.25. The zero-order chi connectivity index (χ0) is 23.8. The first-order valence-corrected chi connectivity index (χ1v) is 12.6. The summed E-state index contributed by atoms with van der Waals surface area (Å²) in [6, 6.07) is 15.9. The molecule has 4 rings (SSSR count). The van der Waals surface area contributed by atoms with E-state index in [0.29, 0.717) is 12.1 Å². The summed E-state index contributed by atoms with van der Waals surface area (Å²) in [6.45, 7) is 0.617. The van der Waals surface area contributed by atoms with Crippen LogP contribution in [0.15, 0.2) is 70.5 Å². The molecule has 1 atom stereocenters. The van der Waals surface area contributed by atoms with Gasteiger partial charge in [0.1, 0.15) is 26.0 Å². The van der Waals surface area contributed by atoms with Crippen LogP contribution in [0.2, 0.25) is 0 Å². The third-order valence-electron chi connectivity index (χ3n) is 5.44. The van der Waals surface area contributed by atoms with E-state index in [1.54, 1.807) is 6.07 Å². The molecule has 0 fully saturated rings. The molecule has 1 aliphatic heterocycles. The molecule has 3 aromatic rings. The Morgan fingerprint density at radius 3 is 2.03 bits per heavy atom. The van der Waals surface area contributed by atoms with E-state index in [-0.39, 0.29) is 82.0 Å². The average Bonchev–Trinajstić information content (AvgIpc) is 3.20. The summed E-state index contributed by atoms with van der Waals surface area (Å²) >= 11 is 0. The Morgan fingerprint density at radius 1 is 0.857 bits per heavy atom. The van der Waals surface area contributed by atoms with Crippen LogP contribution in [-0.2, 0) is 26.8 Å². The van der Waals surface area contributed by atoms with Gasteiger partial charge in [-0.15, -0.1) is 0 Å². The Hall–Kier alpha value is -1.02. The van der Waals surface area contributed by atoms with Crippen LogP contribution >= 0.6 is 0 Å². The molecule has 35 heavy (non-hydrogen) atoms. The van der Waals surface area contributed by atoms with E-state index >= 15 is 0 Å². The van der Waals surface area contributed by atoms with Crippen molar-refractivity contribution in [2.75, 3.05) is 7.11 Å². The van der Waals surface area contributed by atoms with E-state index in [1.807, 2.05) is 24.3 Å². The van der Waals surface area contributed by atoms with E-state index in [4.69, 9.17) is 4.74 Å². The molecule has 0 saturated carbocycles. The van der Waals surface area contributed by atoms with Crippen LogP contribution in [0.1, 0.15) is 33.9 Å². The third-order valence-corrected chi connectivity index (χ3v) is 7.22. The van der Waals surface area contributed by atoms with Crippen molar-refractivity contribution in [2.24, 2.45) is 0 Å². The minimum Gasteiger partial charge on any atom is -0.744 e. The van der Waals surface area contributed by atoms with Gasteiger partial charge in [0.25, 0.3) is 0 Å². The van der Waals surface area contributed by atoms with Gasteiger partial charge in [0.2, 0.25) is 0 Å². The largest absolute Gasteiger partial charge is 1.00 e. The Balaban J connectivity index is 0.00000216. The molecule has 1 heterocycles. The van der Waals surface area contributed by atoms with Gasteiger partial charge < -0.3 is 19.2 Å². The first kappa shape index (κ1) is 30.2. The van der Waals surface area contributed by atoms with Crippen molar-refractivity contribution in [3.8, 4) is 5.75 Å². The molecule has 0 bridgehead atoms. The SMILES string of the molecule is COc1ccc(C=Cc2ccc(C3NCc4ccccc43)cc2S(=O)(=O)[O-])c(S(=O)(=O)[O-])c1.[Na+].[Na+]. The van der Waals surface area contributed by atoms with Gasteiger partial charge in [-0.2, -0.15) is 0 Å². The Morgan fingerprint density at radius 2 is 1.43 bits per heavy atom. The Labute approximate surface area is 248 Å². The molecule has 1 aliphatic rings. The van der Waals surface area contributed by atoms with Crippen molar-refractivity contribution >= 4 is 32.4 Å². The van der Waals surface area contributed by atoms with Crippen LogP contribution in [-0.4, -0.2) is 33.1 Å². The molecule has 0 radical (unpaired) electrons. The van der Waals surface area contributed by atoms with Crippen molar-refractivity contribution in [3.63, 3.8) is 0 Å². The number of benzene rings is 3. The zero-order valence-electron chi connectivity index (χ0n) is 19.4. The number of ether oxygens (including phenoxy) is 1. The molecule has 172 valence electrons. The molecule has 8 nitrogen and oxygen atoms in total. The number of rotatable bonds is 6. The van der Waals surface area contributed by atoms with E-state index in [1.165, 1.54) is 43.5 Å². The molecule has 1 unspecified atom stereocenters. The summed E-state index contributed by atoms with van der Waals surface area (Å²) in [7, 11) is -8.34. The van der Waals surface area contributed by atoms with Gasteiger partial charge in [-0.05, 0) is 46.0 Å². The molecule has 12 heteroatoms. The molecule has 0 aromatic heterocycles. The summed E-state index contributed by atoms with van der Waals surface area (Å²) in [6.07, 6.45) is 2.57. The molecular weight excluding hydrogens is 512 g/mol. The van der Waals surface area contributed by atoms with E-state index < -0.39 is 30.0 Å². The number of hydrogen-bond donors (Lipinski definition) is 1. The number of nitrogens with one attached hydrogen (secondary N) is 1. The van der Waals surface area contributed by atoms with Gasteiger partial charge in [-0.3, -0.25) is 0 Å². The van der Waals surface area contributed by atoms with Gasteiger partial charge in [-0.1, -0.05) is 54.6 Å². The first-order valence-electron chi connectivity index (χ1n) is 9.81. The van der Waals surface area contributed by atoms with Crippen LogP contribution in [0.3, 0.4) is 0 Å². The molecule has 0 saturated heterocycles. The van der Waals surface area contributed by atoms with Crippen molar-refractivity contribution in [1.29, 1.82) is 0 Å². The van der Waals surface area contributed by atoms with Crippen LogP contribution in [0.25, 0.3) is 12.2 Å².